The van der Waals surface area contributed by atoms with E-state index in [4.69, 9.17) is 9.84 Å². The van der Waals surface area contributed by atoms with Gasteiger partial charge in [0.05, 0.1) is 19.0 Å². The van der Waals surface area contributed by atoms with E-state index in [0.717, 1.165) is 0 Å². The predicted molar refractivity (Wildman–Crippen MR) is 65.4 cm³/mol. The molecule has 0 aromatic carbocycles. The van der Waals surface area contributed by atoms with Crippen LogP contribution in [0.5, 0.6) is 5.75 Å². The second-order valence-electron chi connectivity index (χ2n) is 4.13. The van der Waals surface area contributed by atoms with Crippen molar-refractivity contribution in [1.29, 1.82) is 0 Å². The lowest BCUT2D eigenvalue weighted by atomic mass is 10.0. The van der Waals surface area contributed by atoms with Crippen molar-refractivity contribution in [2.75, 3.05) is 18.1 Å². The van der Waals surface area contributed by atoms with E-state index in [2.05, 4.69) is 5.10 Å². The molecule has 17 heavy (non-hydrogen) atoms. The Morgan fingerprint density at radius 3 is 3.06 bits per heavy atom. The van der Waals surface area contributed by atoms with Gasteiger partial charge in [-0.3, -0.25) is 9.48 Å². The summed E-state index contributed by atoms with van der Waals surface area (Å²) in [5, 5.41) is 12.5. The van der Waals surface area contributed by atoms with E-state index in [1.165, 1.54) is 29.0 Å². The molecule has 6 heteroatoms. The van der Waals surface area contributed by atoms with Crippen molar-refractivity contribution in [3.05, 3.63) is 12.4 Å². The molecule has 0 saturated carbocycles. The molecule has 1 aromatic heterocycles. The SMILES string of the molecule is O=C(O)Cn1cc(OCC2CCSCC2)cn1. The van der Waals surface area contributed by atoms with Crippen molar-refractivity contribution >= 4 is 17.7 Å². The van der Waals surface area contributed by atoms with Gasteiger partial charge in [0.1, 0.15) is 6.54 Å². The highest BCUT2D eigenvalue weighted by molar-refractivity contribution is 7.99. The number of ether oxygens (including phenoxy) is 1. The van der Waals surface area contributed by atoms with Gasteiger partial charge in [0.2, 0.25) is 0 Å². The van der Waals surface area contributed by atoms with Crippen LogP contribution in [0.15, 0.2) is 12.4 Å². The second kappa shape index (κ2) is 5.95. The van der Waals surface area contributed by atoms with Crippen LogP contribution in [0.1, 0.15) is 12.8 Å². The van der Waals surface area contributed by atoms with Crippen LogP contribution in [0.4, 0.5) is 0 Å². The largest absolute Gasteiger partial charge is 0.490 e. The molecule has 0 unspecified atom stereocenters. The third-order valence-electron chi connectivity index (χ3n) is 2.73. The first-order valence-electron chi connectivity index (χ1n) is 5.69. The molecule has 1 fully saturated rings. The molecule has 2 heterocycles. The molecule has 1 aliphatic heterocycles. The molecule has 2 rings (SSSR count). The topological polar surface area (TPSA) is 64.3 Å². The number of hydrogen-bond acceptors (Lipinski definition) is 4. The first-order valence-corrected chi connectivity index (χ1v) is 6.84. The molecule has 0 amide bonds. The fourth-order valence-corrected chi connectivity index (χ4v) is 2.98. The molecule has 1 saturated heterocycles. The Balaban J connectivity index is 1.78. The average molecular weight is 256 g/mol. The van der Waals surface area contributed by atoms with Crippen molar-refractivity contribution in [3.63, 3.8) is 0 Å². The number of carbonyl (C=O) groups is 1. The van der Waals surface area contributed by atoms with Gasteiger partial charge in [-0.05, 0) is 30.3 Å². The van der Waals surface area contributed by atoms with Gasteiger partial charge in [-0.25, -0.2) is 0 Å². The fourth-order valence-electron chi connectivity index (χ4n) is 1.77. The predicted octanol–water partition coefficient (Wildman–Crippen LogP) is 1.49. The third-order valence-corrected chi connectivity index (χ3v) is 3.78. The number of hydrogen-bond donors (Lipinski definition) is 1. The molecule has 0 atom stereocenters. The molecule has 94 valence electrons. The van der Waals surface area contributed by atoms with Crippen LogP contribution in [0, 0.1) is 5.92 Å². The zero-order valence-electron chi connectivity index (χ0n) is 9.54. The average Bonchev–Trinajstić information content (AvgIpc) is 2.75. The van der Waals surface area contributed by atoms with Crippen LogP contribution in [0.3, 0.4) is 0 Å². The van der Waals surface area contributed by atoms with E-state index in [1.807, 2.05) is 11.8 Å². The van der Waals surface area contributed by atoms with Gasteiger partial charge in [-0.2, -0.15) is 16.9 Å². The Morgan fingerprint density at radius 2 is 2.35 bits per heavy atom. The Morgan fingerprint density at radius 1 is 1.59 bits per heavy atom. The van der Waals surface area contributed by atoms with Crippen molar-refractivity contribution in [2.24, 2.45) is 5.92 Å². The molecular weight excluding hydrogens is 240 g/mol. The van der Waals surface area contributed by atoms with Gasteiger partial charge in [0, 0.05) is 0 Å². The number of rotatable bonds is 5. The van der Waals surface area contributed by atoms with Crippen LogP contribution in [0.25, 0.3) is 0 Å². The number of carboxylic acids is 1. The smallest absolute Gasteiger partial charge is 0.325 e. The number of aliphatic carboxylic acids is 1. The second-order valence-corrected chi connectivity index (χ2v) is 5.36. The molecule has 1 aromatic rings. The Labute approximate surface area is 104 Å². The van der Waals surface area contributed by atoms with E-state index in [1.54, 1.807) is 12.4 Å². The molecule has 1 aliphatic rings. The van der Waals surface area contributed by atoms with Gasteiger partial charge in [0.15, 0.2) is 5.75 Å². The number of carboxylic acid groups (broad SMARTS) is 1. The molecule has 0 spiro atoms. The molecule has 0 radical (unpaired) electrons. The maximum atomic E-state index is 10.5. The van der Waals surface area contributed by atoms with Gasteiger partial charge in [0.25, 0.3) is 0 Å². The maximum Gasteiger partial charge on any atom is 0.325 e. The number of aromatic nitrogens is 2. The third kappa shape index (κ3) is 3.96. The summed E-state index contributed by atoms with van der Waals surface area (Å²) in [5.41, 5.74) is 0. The summed E-state index contributed by atoms with van der Waals surface area (Å²) in [7, 11) is 0. The Kier molecular flexibility index (Phi) is 4.30. The lowest BCUT2D eigenvalue weighted by Gasteiger charge is -2.20. The Hall–Kier alpha value is -1.17. The minimum atomic E-state index is -0.899. The van der Waals surface area contributed by atoms with E-state index < -0.39 is 5.97 Å². The van der Waals surface area contributed by atoms with Gasteiger partial charge in [-0.1, -0.05) is 0 Å². The highest BCUT2D eigenvalue weighted by Gasteiger charge is 2.14. The van der Waals surface area contributed by atoms with Crippen LogP contribution in [-0.2, 0) is 11.3 Å². The molecule has 1 N–H and O–H groups in total. The molecular formula is C11H16N2O3S. The molecule has 0 aliphatic carbocycles. The van der Waals surface area contributed by atoms with Crippen LogP contribution >= 0.6 is 11.8 Å². The summed E-state index contributed by atoms with van der Waals surface area (Å²) in [6, 6.07) is 0. The monoisotopic (exact) mass is 256 g/mol. The fraction of sp³-hybridized carbons (Fsp3) is 0.636. The van der Waals surface area contributed by atoms with E-state index >= 15 is 0 Å². The van der Waals surface area contributed by atoms with Crippen LogP contribution < -0.4 is 4.74 Å². The molecule has 0 bridgehead atoms. The van der Waals surface area contributed by atoms with E-state index in [0.29, 0.717) is 18.3 Å². The lowest BCUT2D eigenvalue weighted by molar-refractivity contribution is -0.137. The summed E-state index contributed by atoms with van der Waals surface area (Å²) in [6.45, 7) is 0.586. The van der Waals surface area contributed by atoms with Crippen molar-refractivity contribution in [3.8, 4) is 5.75 Å². The van der Waals surface area contributed by atoms with Crippen molar-refractivity contribution in [2.45, 2.75) is 19.4 Å². The van der Waals surface area contributed by atoms with Crippen LogP contribution in [-0.4, -0.2) is 39.0 Å². The van der Waals surface area contributed by atoms with Gasteiger partial charge >= 0.3 is 5.97 Å². The highest BCUT2D eigenvalue weighted by atomic mass is 32.2. The summed E-state index contributed by atoms with van der Waals surface area (Å²) >= 11 is 1.99. The van der Waals surface area contributed by atoms with Gasteiger partial charge in [-0.15, -0.1) is 0 Å². The molecule has 5 nitrogen and oxygen atoms in total. The van der Waals surface area contributed by atoms with Crippen molar-refractivity contribution < 1.29 is 14.6 Å². The van der Waals surface area contributed by atoms with Crippen LogP contribution in [0.2, 0.25) is 0 Å². The normalized spacial score (nSPS) is 16.9. The van der Waals surface area contributed by atoms with E-state index in [9.17, 15) is 4.79 Å². The zero-order chi connectivity index (χ0) is 12.1. The number of thioether (sulfide) groups is 1. The Bertz CT molecular complexity index is 375. The summed E-state index contributed by atoms with van der Waals surface area (Å²) in [4.78, 5) is 10.5. The minimum Gasteiger partial charge on any atom is -0.490 e. The number of nitrogens with zero attached hydrogens (tertiary/aromatic N) is 2. The quantitative estimate of drug-likeness (QED) is 0.864. The van der Waals surface area contributed by atoms with Gasteiger partial charge < -0.3 is 9.84 Å². The summed E-state index contributed by atoms with van der Waals surface area (Å²) in [5.74, 6) is 2.81. The standard InChI is InChI=1S/C11H16N2O3S/c14-11(15)7-13-6-10(5-12-13)16-8-9-1-3-17-4-2-9/h5-6,9H,1-4,7-8H2,(H,14,15). The lowest BCUT2D eigenvalue weighted by Crippen LogP contribution is -2.17. The zero-order valence-corrected chi connectivity index (χ0v) is 10.4. The van der Waals surface area contributed by atoms with Crippen molar-refractivity contribution in [1.82, 2.24) is 9.78 Å². The minimum absolute atomic E-state index is 0.122. The highest BCUT2D eigenvalue weighted by Crippen LogP contribution is 2.23. The first kappa shape index (κ1) is 12.3. The summed E-state index contributed by atoms with van der Waals surface area (Å²) < 4.78 is 6.99. The summed E-state index contributed by atoms with van der Waals surface area (Å²) in [6.07, 6.45) is 5.61. The first-order chi connectivity index (χ1) is 8.24. The van der Waals surface area contributed by atoms with E-state index in [-0.39, 0.29) is 6.54 Å². The maximum absolute atomic E-state index is 10.5.